The molecule has 0 aromatic rings. The lowest BCUT2D eigenvalue weighted by molar-refractivity contribution is 0.570. The van der Waals surface area contributed by atoms with Crippen molar-refractivity contribution in [1.82, 2.24) is 0 Å². The lowest BCUT2D eigenvalue weighted by atomic mass is 10.5. The van der Waals surface area contributed by atoms with Crippen molar-refractivity contribution in [3.8, 4) is 11.1 Å². The first-order valence-electron chi connectivity index (χ1n) is 6.30. The smallest absolute Gasteiger partial charge is 0.262 e. The maximum Gasteiger partial charge on any atom is 0.262 e. The van der Waals surface area contributed by atoms with Crippen LogP contribution in [-0.2, 0) is 0 Å². The molecule has 1 nitrogen and oxygen atoms in total. The summed E-state index contributed by atoms with van der Waals surface area (Å²) in [6, 6.07) is 0. The van der Waals surface area contributed by atoms with Crippen LogP contribution in [0.25, 0.3) is 0 Å². The Bertz CT molecular complexity index is 255. The fraction of sp³-hybridized carbons (Fsp3) is 0.846. The largest absolute Gasteiger partial charge is 0.422 e. The highest BCUT2D eigenvalue weighted by atomic mass is 28.4. The SMILES string of the molecule is CC(C)[Si](C#C[Si](C)(C)O)(C(C)C)C(C)C. The van der Waals surface area contributed by atoms with Crippen LogP contribution in [0.2, 0.25) is 29.7 Å². The molecule has 0 aliphatic heterocycles. The third-order valence-electron chi connectivity index (χ3n) is 3.45. The highest BCUT2D eigenvalue weighted by Gasteiger charge is 2.41. The predicted molar refractivity (Wildman–Crippen MR) is 78.5 cm³/mol. The molecule has 0 aromatic carbocycles. The van der Waals surface area contributed by atoms with Gasteiger partial charge in [0.15, 0.2) is 0 Å². The summed E-state index contributed by atoms with van der Waals surface area (Å²) < 4.78 is 0. The highest BCUT2D eigenvalue weighted by molar-refractivity contribution is 6.92. The third-order valence-corrected chi connectivity index (χ3v) is 10.7. The van der Waals surface area contributed by atoms with Crippen molar-refractivity contribution >= 4 is 16.4 Å². The molecule has 0 aliphatic rings. The van der Waals surface area contributed by atoms with Crippen LogP contribution in [0.5, 0.6) is 0 Å². The molecule has 0 heterocycles. The van der Waals surface area contributed by atoms with E-state index < -0.39 is 16.4 Å². The van der Waals surface area contributed by atoms with E-state index in [4.69, 9.17) is 0 Å². The molecule has 16 heavy (non-hydrogen) atoms. The third kappa shape index (κ3) is 3.76. The molecule has 0 aliphatic carbocycles. The van der Waals surface area contributed by atoms with Gasteiger partial charge in [-0.25, -0.2) is 0 Å². The van der Waals surface area contributed by atoms with Crippen molar-refractivity contribution in [1.29, 1.82) is 0 Å². The quantitative estimate of drug-likeness (QED) is 0.599. The topological polar surface area (TPSA) is 20.2 Å². The Labute approximate surface area is 104 Å². The lowest BCUT2D eigenvalue weighted by Gasteiger charge is -2.38. The zero-order valence-corrected chi connectivity index (χ0v) is 14.2. The Morgan fingerprint density at radius 3 is 1.25 bits per heavy atom. The molecular formula is C13H28OSi2. The van der Waals surface area contributed by atoms with Gasteiger partial charge in [0, 0.05) is 0 Å². The van der Waals surface area contributed by atoms with Crippen LogP contribution in [0.3, 0.4) is 0 Å². The molecule has 0 atom stereocenters. The van der Waals surface area contributed by atoms with Crippen molar-refractivity contribution in [3.63, 3.8) is 0 Å². The van der Waals surface area contributed by atoms with E-state index in [0.717, 1.165) is 0 Å². The first kappa shape index (κ1) is 16.0. The zero-order valence-electron chi connectivity index (χ0n) is 12.2. The van der Waals surface area contributed by atoms with Gasteiger partial charge in [-0.05, 0) is 29.7 Å². The molecule has 0 spiro atoms. The van der Waals surface area contributed by atoms with Crippen LogP contribution in [0.4, 0.5) is 0 Å². The Morgan fingerprint density at radius 1 is 0.750 bits per heavy atom. The maximum atomic E-state index is 9.91. The summed E-state index contributed by atoms with van der Waals surface area (Å²) >= 11 is 0. The summed E-state index contributed by atoms with van der Waals surface area (Å²) in [6.45, 7) is 17.6. The van der Waals surface area contributed by atoms with Gasteiger partial charge in [-0.1, -0.05) is 41.5 Å². The van der Waals surface area contributed by atoms with Gasteiger partial charge in [0.2, 0.25) is 0 Å². The Morgan fingerprint density at radius 2 is 1.06 bits per heavy atom. The van der Waals surface area contributed by atoms with E-state index in [2.05, 4.69) is 52.6 Å². The summed E-state index contributed by atoms with van der Waals surface area (Å²) in [6.07, 6.45) is 0. The summed E-state index contributed by atoms with van der Waals surface area (Å²) in [4.78, 5) is 9.91. The molecule has 0 rings (SSSR count). The standard InChI is InChI=1S/C13H28OSi2/c1-11(2)16(12(3)4,13(5)6)10-9-15(7,8)14/h11-14H,1-8H3. The van der Waals surface area contributed by atoms with E-state index >= 15 is 0 Å². The van der Waals surface area contributed by atoms with Gasteiger partial charge in [-0.2, -0.15) is 0 Å². The highest BCUT2D eigenvalue weighted by Crippen LogP contribution is 2.40. The van der Waals surface area contributed by atoms with Crippen molar-refractivity contribution in [2.24, 2.45) is 0 Å². The molecule has 94 valence electrons. The van der Waals surface area contributed by atoms with Crippen LogP contribution in [-0.4, -0.2) is 21.2 Å². The molecule has 0 radical (unpaired) electrons. The summed E-state index contributed by atoms with van der Waals surface area (Å²) in [5.74, 6) is 0. The molecule has 0 unspecified atom stereocenters. The average molecular weight is 257 g/mol. The van der Waals surface area contributed by atoms with E-state index in [1.165, 1.54) is 0 Å². The molecule has 3 heteroatoms. The summed E-state index contributed by atoms with van der Waals surface area (Å²) in [5, 5.41) is 0. The minimum atomic E-state index is -2.23. The molecule has 0 aromatic heterocycles. The van der Waals surface area contributed by atoms with Crippen molar-refractivity contribution < 1.29 is 4.80 Å². The van der Waals surface area contributed by atoms with Gasteiger partial charge in [0.05, 0.1) is 0 Å². The number of rotatable bonds is 3. The first-order valence-corrected chi connectivity index (χ1v) is 11.5. The first-order chi connectivity index (χ1) is 7.04. The van der Waals surface area contributed by atoms with Gasteiger partial charge in [0.25, 0.3) is 8.32 Å². The van der Waals surface area contributed by atoms with Crippen LogP contribution in [0.1, 0.15) is 41.5 Å². The Kier molecular flexibility index (Phi) is 5.51. The van der Waals surface area contributed by atoms with Crippen LogP contribution in [0.15, 0.2) is 0 Å². The molecule has 0 saturated heterocycles. The van der Waals surface area contributed by atoms with Crippen molar-refractivity contribution in [3.05, 3.63) is 0 Å². The lowest BCUT2D eigenvalue weighted by Crippen LogP contribution is -2.44. The molecular weight excluding hydrogens is 228 g/mol. The molecule has 0 amide bonds. The molecule has 0 saturated carbocycles. The van der Waals surface area contributed by atoms with Crippen LogP contribution < -0.4 is 0 Å². The second kappa shape index (κ2) is 5.53. The monoisotopic (exact) mass is 256 g/mol. The normalized spacial score (nSPS) is 13.2. The number of hydrogen-bond acceptors (Lipinski definition) is 1. The van der Waals surface area contributed by atoms with Gasteiger partial charge in [-0.15, -0.1) is 11.1 Å². The van der Waals surface area contributed by atoms with E-state index in [1.54, 1.807) is 0 Å². The molecule has 1 N–H and O–H groups in total. The van der Waals surface area contributed by atoms with Crippen molar-refractivity contribution in [2.45, 2.75) is 71.3 Å². The molecule has 0 bridgehead atoms. The second-order valence-corrected chi connectivity index (χ2v) is 15.2. The minimum absolute atomic E-state index is 0.649. The zero-order chi connectivity index (χ0) is 13.1. The number of hydrogen-bond donors (Lipinski definition) is 1. The van der Waals surface area contributed by atoms with Crippen LogP contribution in [0, 0.1) is 11.1 Å². The van der Waals surface area contributed by atoms with Gasteiger partial charge in [0.1, 0.15) is 8.07 Å². The van der Waals surface area contributed by atoms with Gasteiger partial charge in [-0.3, -0.25) is 0 Å². The predicted octanol–water partition coefficient (Wildman–Crippen LogP) is 3.94. The van der Waals surface area contributed by atoms with Crippen LogP contribution >= 0.6 is 0 Å². The maximum absolute atomic E-state index is 9.91. The average Bonchev–Trinajstić information content (AvgIpc) is 2.00. The molecule has 0 fully saturated rings. The minimum Gasteiger partial charge on any atom is -0.422 e. The summed E-state index contributed by atoms with van der Waals surface area (Å²) in [5.41, 5.74) is 8.73. The van der Waals surface area contributed by atoms with E-state index in [9.17, 15) is 4.80 Å². The van der Waals surface area contributed by atoms with Gasteiger partial charge >= 0.3 is 0 Å². The van der Waals surface area contributed by atoms with E-state index in [1.807, 2.05) is 13.1 Å². The fourth-order valence-corrected chi connectivity index (χ4v) is 9.65. The van der Waals surface area contributed by atoms with Gasteiger partial charge < -0.3 is 4.80 Å². The van der Waals surface area contributed by atoms with Crippen molar-refractivity contribution in [2.75, 3.05) is 0 Å². The Balaban J connectivity index is 5.45. The summed E-state index contributed by atoms with van der Waals surface area (Å²) in [7, 11) is -3.85. The fourth-order valence-electron chi connectivity index (χ4n) is 2.69. The second-order valence-electron chi connectivity index (χ2n) is 6.21. The van der Waals surface area contributed by atoms with E-state index in [-0.39, 0.29) is 0 Å². The van der Waals surface area contributed by atoms with E-state index in [0.29, 0.717) is 16.6 Å². The Hall–Kier alpha value is -0.0462.